The van der Waals surface area contributed by atoms with E-state index in [2.05, 4.69) is 10.2 Å². The van der Waals surface area contributed by atoms with Crippen molar-refractivity contribution in [2.75, 3.05) is 32.7 Å². The van der Waals surface area contributed by atoms with E-state index in [1.807, 2.05) is 0 Å². The zero-order valence-corrected chi connectivity index (χ0v) is 7.43. The number of piperidine rings is 1. The fraction of sp³-hybridized carbons (Fsp3) is 1.00. The normalized spacial score (nSPS) is 37.8. The molecule has 0 aromatic carbocycles. The average molecular weight is 172 g/mol. The van der Waals surface area contributed by atoms with Gasteiger partial charge >= 0.3 is 0 Å². The first kappa shape index (κ1) is 8.45. The first-order chi connectivity index (χ1) is 5.86. The molecule has 2 heterocycles. The van der Waals surface area contributed by atoms with Crippen LogP contribution in [0.15, 0.2) is 0 Å². The topological polar surface area (TPSA) is 15.3 Å². The molecule has 2 atom stereocenters. The molecule has 0 saturated carbocycles. The lowest BCUT2D eigenvalue weighted by molar-refractivity contribution is 0.0922. The number of hydrogen-bond acceptors (Lipinski definition) is 2. The quantitative estimate of drug-likeness (QED) is 0.657. The van der Waals surface area contributed by atoms with Crippen LogP contribution < -0.4 is 5.32 Å². The van der Waals surface area contributed by atoms with Gasteiger partial charge in [0.05, 0.1) is 0 Å². The first-order valence-electron chi connectivity index (χ1n) is 4.93. The van der Waals surface area contributed by atoms with Gasteiger partial charge in [0.2, 0.25) is 0 Å². The van der Waals surface area contributed by atoms with Crippen LogP contribution in [0.3, 0.4) is 0 Å². The van der Waals surface area contributed by atoms with E-state index < -0.39 is 6.17 Å². The van der Waals surface area contributed by atoms with Gasteiger partial charge in [0.25, 0.3) is 0 Å². The van der Waals surface area contributed by atoms with Gasteiger partial charge in [-0.1, -0.05) is 0 Å². The van der Waals surface area contributed by atoms with Crippen LogP contribution in [0.5, 0.6) is 0 Å². The van der Waals surface area contributed by atoms with E-state index in [-0.39, 0.29) is 5.92 Å². The van der Waals surface area contributed by atoms with Crippen LogP contribution in [0.1, 0.15) is 12.8 Å². The Kier molecular flexibility index (Phi) is 2.61. The molecule has 12 heavy (non-hydrogen) atoms. The summed E-state index contributed by atoms with van der Waals surface area (Å²) in [5.74, 6) is 0.249. The molecular formula is C9H17FN2. The summed E-state index contributed by atoms with van der Waals surface area (Å²) in [6.07, 6.45) is 1.45. The minimum atomic E-state index is -0.563. The number of nitrogens with zero attached hydrogens (tertiary/aromatic N) is 1. The minimum Gasteiger partial charge on any atom is -0.316 e. The summed E-state index contributed by atoms with van der Waals surface area (Å²) in [5.41, 5.74) is 0. The standard InChI is InChI=1S/C9H17FN2/c10-9-2-3-11-6-8(9)7-12-4-1-5-12/h8-9,11H,1-7H2. The van der Waals surface area contributed by atoms with Crippen molar-refractivity contribution >= 4 is 0 Å². The van der Waals surface area contributed by atoms with Crippen LogP contribution in [-0.2, 0) is 0 Å². The number of nitrogens with one attached hydrogen (secondary N) is 1. The summed E-state index contributed by atoms with van der Waals surface area (Å²) in [6.45, 7) is 5.07. The van der Waals surface area contributed by atoms with E-state index in [4.69, 9.17) is 0 Å². The predicted molar refractivity (Wildman–Crippen MR) is 46.9 cm³/mol. The number of hydrogen-bond donors (Lipinski definition) is 1. The van der Waals surface area contributed by atoms with Crippen LogP contribution in [-0.4, -0.2) is 43.8 Å². The monoisotopic (exact) mass is 172 g/mol. The van der Waals surface area contributed by atoms with Crippen molar-refractivity contribution in [3.63, 3.8) is 0 Å². The first-order valence-corrected chi connectivity index (χ1v) is 4.93. The molecule has 2 unspecified atom stereocenters. The second-order valence-corrected chi connectivity index (χ2v) is 3.92. The van der Waals surface area contributed by atoms with Gasteiger partial charge in [-0.3, -0.25) is 0 Å². The Morgan fingerprint density at radius 1 is 1.42 bits per heavy atom. The number of rotatable bonds is 2. The van der Waals surface area contributed by atoms with Crippen molar-refractivity contribution in [1.82, 2.24) is 10.2 Å². The maximum absolute atomic E-state index is 13.3. The van der Waals surface area contributed by atoms with Gasteiger partial charge in [0, 0.05) is 19.0 Å². The van der Waals surface area contributed by atoms with Gasteiger partial charge < -0.3 is 10.2 Å². The van der Waals surface area contributed by atoms with Gasteiger partial charge in [-0.15, -0.1) is 0 Å². The van der Waals surface area contributed by atoms with E-state index in [0.29, 0.717) is 6.42 Å². The summed E-state index contributed by atoms with van der Waals surface area (Å²) in [4.78, 5) is 2.35. The average Bonchev–Trinajstić information content (AvgIpc) is 2.00. The minimum absolute atomic E-state index is 0.249. The highest BCUT2D eigenvalue weighted by Crippen LogP contribution is 2.18. The Morgan fingerprint density at radius 3 is 2.83 bits per heavy atom. The van der Waals surface area contributed by atoms with Crippen LogP contribution in [0, 0.1) is 5.92 Å². The lowest BCUT2D eigenvalue weighted by atomic mass is 9.96. The van der Waals surface area contributed by atoms with Gasteiger partial charge in [0.15, 0.2) is 0 Å². The summed E-state index contributed by atoms with van der Waals surface area (Å²) in [7, 11) is 0. The van der Waals surface area contributed by atoms with Gasteiger partial charge in [-0.05, 0) is 32.5 Å². The van der Waals surface area contributed by atoms with Crippen molar-refractivity contribution in [3.05, 3.63) is 0 Å². The molecule has 0 aromatic heterocycles. The Hall–Kier alpha value is -0.150. The summed E-state index contributed by atoms with van der Waals surface area (Å²) in [6, 6.07) is 0. The van der Waals surface area contributed by atoms with Crippen molar-refractivity contribution in [3.8, 4) is 0 Å². The molecule has 0 aromatic rings. The maximum atomic E-state index is 13.3. The number of halogens is 1. The van der Waals surface area contributed by atoms with Gasteiger partial charge in [-0.25, -0.2) is 4.39 Å². The number of likely N-dealkylation sites (tertiary alicyclic amines) is 1. The van der Waals surface area contributed by atoms with E-state index in [0.717, 1.165) is 19.6 Å². The lowest BCUT2D eigenvalue weighted by Crippen LogP contribution is -2.48. The third-order valence-corrected chi connectivity index (χ3v) is 2.96. The Morgan fingerprint density at radius 2 is 2.25 bits per heavy atom. The molecule has 2 fully saturated rings. The Balaban J connectivity index is 1.76. The smallest absolute Gasteiger partial charge is 0.107 e. The molecule has 2 aliphatic heterocycles. The molecule has 0 aliphatic carbocycles. The largest absolute Gasteiger partial charge is 0.316 e. The van der Waals surface area contributed by atoms with Crippen LogP contribution >= 0.6 is 0 Å². The fourth-order valence-electron chi connectivity index (χ4n) is 1.97. The Labute approximate surface area is 73.1 Å². The van der Waals surface area contributed by atoms with Crippen molar-refractivity contribution < 1.29 is 4.39 Å². The van der Waals surface area contributed by atoms with E-state index in [1.54, 1.807) is 0 Å². The second-order valence-electron chi connectivity index (χ2n) is 3.92. The van der Waals surface area contributed by atoms with E-state index in [1.165, 1.54) is 19.5 Å². The second kappa shape index (κ2) is 3.71. The zero-order chi connectivity index (χ0) is 8.39. The van der Waals surface area contributed by atoms with Gasteiger partial charge in [-0.2, -0.15) is 0 Å². The molecule has 0 radical (unpaired) electrons. The van der Waals surface area contributed by atoms with E-state index in [9.17, 15) is 4.39 Å². The van der Waals surface area contributed by atoms with Crippen LogP contribution in [0.2, 0.25) is 0 Å². The van der Waals surface area contributed by atoms with Crippen LogP contribution in [0.4, 0.5) is 4.39 Å². The van der Waals surface area contributed by atoms with Crippen molar-refractivity contribution in [2.45, 2.75) is 19.0 Å². The molecule has 70 valence electrons. The highest BCUT2D eigenvalue weighted by atomic mass is 19.1. The molecule has 0 spiro atoms. The molecule has 2 aliphatic rings. The third-order valence-electron chi connectivity index (χ3n) is 2.96. The molecule has 0 bridgehead atoms. The van der Waals surface area contributed by atoms with E-state index >= 15 is 0 Å². The molecule has 2 rings (SSSR count). The van der Waals surface area contributed by atoms with Gasteiger partial charge in [0.1, 0.15) is 6.17 Å². The fourth-order valence-corrected chi connectivity index (χ4v) is 1.97. The Bertz CT molecular complexity index is 147. The summed E-state index contributed by atoms with van der Waals surface area (Å²) in [5, 5.41) is 3.25. The molecule has 1 N–H and O–H groups in total. The van der Waals surface area contributed by atoms with Crippen molar-refractivity contribution in [1.29, 1.82) is 0 Å². The molecule has 3 heteroatoms. The highest BCUT2D eigenvalue weighted by Gasteiger charge is 2.27. The molecule has 0 amide bonds. The SMILES string of the molecule is FC1CCNCC1CN1CCC1. The van der Waals surface area contributed by atoms with Crippen molar-refractivity contribution in [2.24, 2.45) is 5.92 Å². The molecule has 2 saturated heterocycles. The summed E-state index contributed by atoms with van der Waals surface area (Å²) < 4.78 is 13.3. The zero-order valence-electron chi connectivity index (χ0n) is 7.43. The number of alkyl halides is 1. The lowest BCUT2D eigenvalue weighted by Gasteiger charge is -2.36. The maximum Gasteiger partial charge on any atom is 0.107 e. The third kappa shape index (κ3) is 1.77. The summed E-state index contributed by atoms with van der Waals surface area (Å²) >= 11 is 0. The predicted octanol–water partition coefficient (Wildman–Crippen LogP) is 0.640. The molecule has 2 nitrogen and oxygen atoms in total. The van der Waals surface area contributed by atoms with Crippen LogP contribution in [0.25, 0.3) is 0 Å². The molecular weight excluding hydrogens is 155 g/mol. The highest BCUT2D eigenvalue weighted by molar-refractivity contribution is 4.82.